The number of methoxy groups -OCH3 is 2. The van der Waals surface area contributed by atoms with Gasteiger partial charge in [-0.2, -0.15) is 0 Å². The molecule has 0 radical (unpaired) electrons. The van der Waals surface area contributed by atoms with Gasteiger partial charge in [-0.1, -0.05) is 22.0 Å². The molecule has 0 bridgehead atoms. The minimum atomic E-state index is 0.0537. The smallest absolute Gasteiger partial charge is 0.148 e. The maximum atomic E-state index is 6.20. The molecule has 176 valence electrons. The summed E-state index contributed by atoms with van der Waals surface area (Å²) in [5, 5.41) is 4.90. The Morgan fingerprint density at radius 3 is 2.47 bits per heavy atom. The summed E-state index contributed by atoms with van der Waals surface area (Å²) in [6, 6.07) is 16.5. The molecule has 1 aliphatic heterocycles. The van der Waals surface area contributed by atoms with Gasteiger partial charge in [0.15, 0.2) is 0 Å². The Balaban J connectivity index is 1.49. The van der Waals surface area contributed by atoms with Gasteiger partial charge >= 0.3 is 0 Å². The van der Waals surface area contributed by atoms with Crippen molar-refractivity contribution in [3.05, 3.63) is 84.3 Å². The average molecular weight is 651 g/mol. The Morgan fingerprint density at radius 2 is 1.74 bits per heavy atom. The van der Waals surface area contributed by atoms with E-state index in [1.54, 1.807) is 14.2 Å². The van der Waals surface area contributed by atoms with Gasteiger partial charge in [0, 0.05) is 33.2 Å². The predicted molar refractivity (Wildman–Crippen MR) is 145 cm³/mol. The van der Waals surface area contributed by atoms with E-state index in [4.69, 9.17) is 14.2 Å². The molecule has 2 heterocycles. The third-order valence-electron chi connectivity index (χ3n) is 6.13. The summed E-state index contributed by atoms with van der Waals surface area (Å²) in [6.45, 7) is 1.28. The van der Waals surface area contributed by atoms with Crippen molar-refractivity contribution >= 4 is 58.7 Å². The number of rotatable bonds is 6. The lowest BCUT2D eigenvalue weighted by Gasteiger charge is -2.26. The molecular formula is C26H23Br3N2O3. The lowest BCUT2D eigenvalue weighted by molar-refractivity contribution is 0.293. The maximum Gasteiger partial charge on any atom is 0.148 e. The van der Waals surface area contributed by atoms with Crippen LogP contribution in [0.2, 0.25) is 0 Å². The van der Waals surface area contributed by atoms with Crippen LogP contribution in [-0.2, 0) is 13.0 Å². The highest BCUT2D eigenvalue weighted by Gasteiger charge is 2.26. The van der Waals surface area contributed by atoms with Gasteiger partial charge in [0.05, 0.1) is 29.2 Å². The number of H-pyrrole nitrogens is 1. The van der Waals surface area contributed by atoms with E-state index in [9.17, 15) is 0 Å². The molecule has 2 N–H and O–H groups in total. The van der Waals surface area contributed by atoms with Crippen molar-refractivity contribution in [3.63, 3.8) is 0 Å². The first-order chi connectivity index (χ1) is 16.5. The Bertz CT molecular complexity index is 1350. The van der Waals surface area contributed by atoms with Crippen LogP contribution >= 0.6 is 47.8 Å². The first-order valence-electron chi connectivity index (χ1n) is 10.8. The second kappa shape index (κ2) is 9.93. The summed E-state index contributed by atoms with van der Waals surface area (Å²) in [5.74, 6) is 2.42. The fourth-order valence-electron chi connectivity index (χ4n) is 4.53. The zero-order valence-electron chi connectivity index (χ0n) is 18.7. The standard InChI is InChI=1S/C26H23Br3N2O3/c1-32-17-4-5-22-19(12-17)18-7-8-30-24(25(18)31-22)14-3-6-23(33-2)15(9-14)13-34-26-20(28)10-16(27)11-21(26)29/h3-6,9-12,24,30-31H,7-8,13H2,1-2H3. The molecule has 0 fully saturated rings. The van der Waals surface area contributed by atoms with Crippen LogP contribution < -0.4 is 19.5 Å². The van der Waals surface area contributed by atoms with Crippen LogP contribution in [0.4, 0.5) is 0 Å². The zero-order valence-corrected chi connectivity index (χ0v) is 23.4. The second-order valence-corrected chi connectivity index (χ2v) is 10.7. The van der Waals surface area contributed by atoms with Crippen molar-refractivity contribution < 1.29 is 14.2 Å². The van der Waals surface area contributed by atoms with E-state index in [-0.39, 0.29) is 6.04 Å². The van der Waals surface area contributed by atoms with E-state index in [2.05, 4.69) is 82.4 Å². The Kier molecular flexibility index (Phi) is 6.93. The molecular weight excluding hydrogens is 628 g/mol. The average Bonchev–Trinajstić information content (AvgIpc) is 3.21. The second-order valence-electron chi connectivity index (χ2n) is 8.12. The SMILES string of the molecule is COc1ccc2[nH]c3c(c2c1)CCNC3c1ccc(OC)c(COc2c(Br)cc(Br)cc2Br)c1. The number of ether oxygens (including phenoxy) is 3. The van der Waals surface area contributed by atoms with Gasteiger partial charge in [0.2, 0.25) is 0 Å². The van der Waals surface area contributed by atoms with Crippen molar-refractivity contribution in [2.45, 2.75) is 19.1 Å². The third-order valence-corrected chi connectivity index (χ3v) is 7.77. The van der Waals surface area contributed by atoms with Crippen LogP contribution in [-0.4, -0.2) is 25.7 Å². The third kappa shape index (κ3) is 4.49. The van der Waals surface area contributed by atoms with Gasteiger partial charge in [-0.15, -0.1) is 0 Å². The topological polar surface area (TPSA) is 55.5 Å². The summed E-state index contributed by atoms with van der Waals surface area (Å²) >= 11 is 10.7. The van der Waals surface area contributed by atoms with Gasteiger partial charge in [-0.25, -0.2) is 0 Å². The molecule has 1 aliphatic rings. The van der Waals surface area contributed by atoms with Crippen LogP contribution in [0.15, 0.2) is 61.9 Å². The number of hydrogen-bond acceptors (Lipinski definition) is 4. The van der Waals surface area contributed by atoms with Crippen molar-refractivity contribution in [3.8, 4) is 17.2 Å². The fourth-order valence-corrected chi connectivity index (χ4v) is 7.01. The van der Waals surface area contributed by atoms with Crippen molar-refractivity contribution in [2.75, 3.05) is 20.8 Å². The minimum absolute atomic E-state index is 0.0537. The van der Waals surface area contributed by atoms with Crippen LogP contribution in [0.3, 0.4) is 0 Å². The molecule has 5 rings (SSSR count). The number of aromatic nitrogens is 1. The summed E-state index contributed by atoms with van der Waals surface area (Å²) in [7, 11) is 3.39. The van der Waals surface area contributed by atoms with Gasteiger partial charge < -0.3 is 24.5 Å². The minimum Gasteiger partial charge on any atom is -0.497 e. The molecule has 0 amide bonds. The molecule has 0 saturated heterocycles. The van der Waals surface area contributed by atoms with Crippen LogP contribution in [0, 0.1) is 0 Å². The number of hydrogen-bond donors (Lipinski definition) is 2. The molecule has 1 aromatic heterocycles. The molecule has 1 unspecified atom stereocenters. The van der Waals surface area contributed by atoms with Crippen LogP contribution in [0.1, 0.15) is 28.4 Å². The molecule has 8 heteroatoms. The Morgan fingerprint density at radius 1 is 0.941 bits per heavy atom. The van der Waals surface area contributed by atoms with Gasteiger partial charge in [0.1, 0.15) is 23.9 Å². The lowest BCUT2D eigenvalue weighted by Crippen LogP contribution is -2.30. The molecule has 0 spiro atoms. The summed E-state index contributed by atoms with van der Waals surface area (Å²) < 4.78 is 20.0. The molecule has 4 aromatic rings. The number of aromatic amines is 1. The van der Waals surface area contributed by atoms with Crippen molar-refractivity contribution in [1.82, 2.24) is 10.3 Å². The molecule has 0 aliphatic carbocycles. The van der Waals surface area contributed by atoms with E-state index in [0.717, 1.165) is 60.3 Å². The normalized spacial score (nSPS) is 15.3. The van der Waals surface area contributed by atoms with E-state index in [1.807, 2.05) is 24.3 Å². The zero-order chi connectivity index (χ0) is 23.8. The molecule has 5 nitrogen and oxygen atoms in total. The molecule has 0 saturated carbocycles. The van der Waals surface area contributed by atoms with E-state index < -0.39 is 0 Å². The number of nitrogens with one attached hydrogen (secondary N) is 2. The fraction of sp³-hybridized carbons (Fsp3) is 0.231. The monoisotopic (exact) mass is 648 g/mol. The molecule has 3 aromatic carbocycles. The highest BCUT2D eigenvalue weighted by atomic mass is 79.9. The van der Waals surface area contributed by atoms with Crippen molar-refractivity contribution in [1.29, 1.82) is 0 Å². The molecule has 1 atom stereocenters. The Hall–Kier alpha value is -2.00. The van der Waals surface area contributed by atoms with Crippen molar-refractivity contribution in [2.24, 2.45) is 0 Å². The maximum absolute atomic E-state index is 6.20. The highest BCUT2D eigenvalue weighted by Crippen LogP contribution is 2.39. The first-order valence-corrected chi connectivity index (χ1v) is 13.2. The first kappa shape index (κ1) is 23.7. The number of fused-ring (bicyclic) bond motifs is 3. The lowest BCUT2D eigenvalue weighted by atomic mass is 9.93. The largest absolute Gasteiger partial charge is 0.497 e. The van der Waals surface area contributed by atoms with E-state index >= 15 is 0 Å². The summed E-state index contributed by atoms with van der Waals surface area (Å²) in [5.41, 5.74) is 5.81. The predicted octanol–water partition coefficient (Wildman–Crippen LogP) is 7.29. The van der Waals surface area contributed by atoms with Crippen LogP contribution in [0.5, 0.6) is 17.2 Å². The highest BCUT2D eigenvalue weighted by molar-refractivity contribution is 9.11. The van der Waals surface area contributed by atoms with Gasteiger partial charge in [-0.3, -0.25) is 0 Å². The van der Waals surface area contributed by atoms with Gasteiger partial charge in [0.25, 0.3) is 0 Å². The summed E-state index contributed by atoms with van der Waals surface area (Å²) in [4.78, 5) is 3.64. The quantitative estimate of drug-likeness (QED) is 0.230. The number of benzene rings is 3. The van der Waals surface area contributed by atoms with E-state index in [0.29, 0.717) is 6.61 Å². The van der Waals surface area contributed by atoms with Crippen LogP contribution in [0.25, 0.3) is 10.9 Å². The van der Waals surface area contributed by atoms with Gasteiger partial charge in [-0.05, 0) is 91.9 Å². The summed E-state index contributed by atoms with van der Waals surface area (Å²) in [6.07, 6.45) is 0.969. The van der Waals surface area contributed by atoms with E-state index in [1.165, 1.54) is 16.6 Å². The Labute approximate surface area is 223 Å². The number of halogens is 3. The molecule has 34 heavy (non-hydrogen) atoms.